The van der Waals surface area contributed by atoms with Crippen LogP contribution in [-0.4, -0.2) is 37.2 Å². The maximum Gasteiger partial charge on any atom is 0.328 e. The van der Waals surface area contributed by atoms with Crippen LogP contribution in [0.2, 0.25) is 0 Å². The van der Waals surface area contributed by atoms with Crippen molar-refractivity contribution in [3.8, 4) is 0 Å². The number of carboxylic acids is 1. The SMILES string of the molecule is CC[C@@H](CO)NS(=O)(=O)c1ccc(/C=C/C(=O)O)cc1. The molecule has 0 saturated carbocycles. The quantitative estimate of drug-likeness (QED) is 0.647. The van der Waals surface area contributed by atoms with Crippen LogP contribution in [0.25, 0.3) is 6.08 Å². The number of carboxylic acid groups (broad SMARTS) is 1. The van der Waals surface area contributed by atoms with Gasteiger partial charge >= 0.3 is 5.97 Å². The van der Waals surface area contributed by atoms with E-state index in [1.54, 1.807) is 6.92 Å². The van der Waals surface area contributed by atoms with E-state index in [0.29, 0.717) is 12.0 Å². The molecule has 0 aliphatic heterocycles. The summed E-state index contributed by atoms with van der Waals surface area (Å²) in [6.45, 7) is 1.50. The van der Waals surface area contributed by atoms with E-state index < -0.39 is 22.0 Å². The number of nitrogens with one attached hydrogen (secondary N) is 1. The summed E-state index contributed by atoms with van der Waals surface area (Å²) in [6.07, 6.45) is 2.82. The molecule has 0 unspecified atom stereocenters. The zero-order valence-corrected chi connectivity index (χ0v) is 11.8. The van der Waals surface area contributed by atoms with Crippen LogP contribution < -0.4 is 4.72 Å². The van der Waals surface area contributed by atoms with Gasteiger partial charge in [0.05, 0.1) is 11.5 Å². The van der Waals surface area contributed by atoms with Gasteiger partial charge < -0.3 is 10.2 Å². The minimum Gasteiger partial charge on any atom is -0.478 e. The van der Waals surface area contributed by atoms with Crippen molar-refractivity contribution in [1.82, 2.24) is 4.72 Å². The van der Waals surface area contributed by atoms with Crippen molar-refractivity contribution in [2.45, 2.75) is 24.3 Å². The van der Waals surface area contributed by atoms with Crippen LogP contribution in [0.3, 0.4) is 0 Å². The number of aliphatic hydroxyl groups excluding tert-OH is 1. The van der Waals surface area contributed by atoms with Crippen LogP contribution in [0.5, 0.6) is 0 Å². The molecule has 0 heterocycles. The number of sulfonamides is 1. The Balaban J connectivity index is 2.89. The van der Waals surface area contributed by atoms with Crippen molar-refractivity contribution >= 4 is 22.1 Å². The fraction of sp³-hybridized carbons (Fsp3) is 0.308. The van der Waals surface area contributed by atoms with Crippen LogP contribution in [0.4, 0.5) is 0 Å². The summed E-state index contributed by atoms with van der Waals surface area (Å²) in [5.74, 6) is -1.07. The second kappa shape index (κ2) is 7.18. The van der Waals surface area contributed by atoms with Gasteiger partial charge in [-0.3, -0.25) is 0 Å². The average molecular weight is 299 g/mol. The molecule has 110 valence electrons. The highest BCUT2D eigenvalue weighted by molar-refractivity contribution is 7.89. The number of aliphatic carboxylic acids is 1. The van der Waals surface area contributed by atoms with Crippen molar-refractivity contribution in [3.05, 3.63) is 35.9 Å². The standard InChI is InChI=1S/C13H17NO5S/c1-2-11(9-15)14-20(18,19)12-6-3-10(4-7-12)5-8-13(16)17/h3-8,11,14-15H,2,9H2,1H3,(H,16,17)/b8-5+/t11-/m0/s1. The monoisotopic (exact) mass is 299 g/mol. The van der Waals surface area contributed by atoms with E-state index >= 15 is 0 Å². The zero-order valence-electron chi connectivity index (χ0n) is 11.0. The molecular formula is C13H17NO5S. The maximum atomic E-state index is 12.0. The van der Waals surface area contributed by atoms with Crippen LogP contribution in [-0.2, 0) is 14.8 Å². The topological polar surface area (TPSA) is 104 Å². The first-order valence-corrected chi connectivity index (χ1v) is 7.51. The van der Waals surface area contributed by atoms with Gasteiger partial charge in [-0.15, -0.1) is 0 Å². The molecule has 7 heteroatoms. The molecule has 0 bridgehead atoms. The Morgan fingerprint density at radius 3 is 2.40 bits per heavy atom. The average Bonchev–Trinajstić information content (AvgIpc) is 2.43. The summed E-state index contributed by atoms with van der Waals surface area (Å²) in [7, 11) is -3.68. The molecule has 20 heavy (non-hydrogen) atoms. The van der Waals surface area contributed by atoms with Gasteiger partial charge in [-0.25, -0.2) is 17.9 Å². The van der Waals surface area contributed by atoms with Gasteiger partial charge in [-0.1, -0.05) is 19.1 Å². The number of hydrogen-bond donors (Lipinski definition) is 3. The Labute approximate surface area is 117 Å². The van der Waals surface area contributed by atoms with E-state index in [4.69, 9.17) is 10.2 Å². The van der Waals surface area contributed by atoms with Crippen LogP contribution >= 0.6 is 0 Å². The summed E-state index contributed by atoms with van der Waals surface area (Å²) in [5, 5.41) is 17.5. The summed E-state index contributed by atoms with van der Waals surface area (Å²) in [5.41, 5.74) is 0.584. The Bertz CT molecular complexity index is 573. The molecule has 0 fully saturated rings. The summed E-state index contributed by atoms with van der Waals surface area (Å²) in [4.78, 5) is 10.4. The largest absolute Gasteiger partial charge is 0.478 e. The van der Waals surface area contributed by atoms with Gasteiger partial charge in [0.2, 0.25) is 10.0 Å². The van der Waals surface area contributed by atoms with Crippen LogP contribution in [0.15, 0.2) is 35.2 Å². The first-order valence-electron chi connectivity index (χ1n) is 6.03. The molecule has 0 aliphatic carbocycles. The van der Waals surface area contributed by atoms with Gasteiger partial charge in [0.25, 0.3) is 0 Å². The molecule has 1 rings (SSSR count). The second-order valence-electron chi connectivity index (χ2n) is 4.15. The van der Waals surface area contributed by atoms with E-state index in [1.807, 2.05) is 0 Å². The third-order valence-corrected chi connectivity index (χ3v) is 4.18. The fourth-order valence-electron chi connectivity index (χ4n) is 1.46. The van der Waals surface area contributed by atoms with Crippen molar-refractivity contribution in [2.24, 2.45) is 0 Å². The lowest BCUT2D eigenvalue weighted by Gasteiger charge is -2.14. The zero-order chi connectivity index (χ0) is 15.2. The Hall–Kier alpha value is -1.70. The smallest absolute Gasteiger partial charge is 0.328 e. The van der Waals surface area contributed by atoms with E-state index in [-0.39, 0.29) is 11.5 Å². The van der Waals surface area contributed by atoms with Gasteiger partial charge in [0.15, 0.2) is 0 Å². The molecule has 0 aliphatic rings. The second-order valence-corrected chi connectivity index (χ2v) is 5.86. The normalized spacial score (nSPS) is 13.5. The molecule has 0 aromatic heterocycles. The van der Waals surface area contributed by atoms with Gasteiger partial charge in [0, 0.05) is 12.1 Å². The first-order chi connectivity index (χ1) is 9.39. The maximum absolute atomic E-state index is 12.0. The van der Waals surface area contributed by atoms with Gasteiger partial charge in [0.1, 0.15) is 0 Å². The van der Waals surface area contributed by atoms with E-state index in [9.17, 15) is 13.2 Å². The lowest BCUT2D eigenvalue weighted by Crippen LogP contribution is -2.36. The summed E-state index contributed by atoms with van der Waals surface area (Å²) < 4.78 is 26.4. The molecule has 1 atom stereocenters. The number of hydrogen-bond acceptors (Lipinski definition) is 4. The molecule has 3 N–H and O–H groups in total. The summed E-state index contributed by atoms with van der Waals surface area (Å²) in [6, 6.07) is 5.26. The predicted molar refractivity (Wildman–Crippen MR) is 74.6 cm³/mol. The molecule has 0 radical (unpaired) electrons. The first kappa shape index (κ1) is 16.4. The minimum absolute atomic E-state index is 0.0666. The number of carbonyl (C=O) groups is 1. The third-order valence-electron chi connectivity index (χ3n) is 2.64. The molecule has 1 aromatic rings. The van der Waals surface area contributed by atoms with Crippen molar-refractivity contribution in [1.29, 1.82) is 0 Å². The predicted octanol–water partition coefficient (Wildman–Crippen LogP) is 0.834. The lowest BCUT2D eigenvalue weighted by molar-refractivity contribution is -0.131. The van der Waals surface area contributed by atoms with E-state index in [1.165, 1.54) is 30.3 Å². The molecule has 6 nitrogen and oxygen atoms in total. The number of rotatable bonds is 7. The lowest BCUT2D eigenvalue weighted by atomic mass is 10.2. The highest BCUT2D eigenvalue weighted by Gasteiger charge is 2.18. The molecule has 0 amide bonds. The fourth-order valence-corrected chi connectivity index (χ4v) is 2.77. The van der Waals surface area contributed by atoms with Crippen molar-refractivity contribution < 1.29 is 23.4 Å². The Morgan fingerprint density at radius 2 is 1.95 bits per heavy atom. The highest BCUT2D eigenvalue weighted by Crippen LogP contribution is 2.12. The highest BCUT2D eigenvalue weighted by atomic mass is 32.2. The summed E-state index contributed by atoms with van der Waals surface area (Å²) >= 11 is 0. The number of benzene rings is 1. The third kappa shape index (κ3) is 4.76. The molecule has 1 aromatic carbocycles. The number of aliphatic hydroxyl groups is 1. The molecule has 0 saturated heterocycles. The van der Waals surface area contributed by atoms with Crippen LogP contribution in [0, 0.1) is 0 Å². The Kier molecular flexibility index (Phi) is 5.87. The Morgan fingerprint density at radius 1 is 1.35 bits per heavy atom. The van der Waals surface area contributed by atoms with Gasteiger partial charge in [-0.05, 0) is 30.2 Å². The van der Waals surface area contributed by atoms with E-state index in [2.05, 4.69) is 4.72 Å². The van der Waals surface area contributed by atoms with E-state index in [0.717, 1.165) is 6.08 Å². The molecular weight excluding hydrogens is 282 g/mol. The van der Waals surface area contributed by atoms with Crippen molar-refractivity contribution in [3.63, 3.8) is 0 Å². The van der Waals surface area contributed by atoms with Gasteiger partial charge in [-0.2, -0.15) is 0 Å². The van der Waals surface area contributed by atoms with Crippen molar-refractivity contribution in [2.75, 3.05) is 6.61 Å². The minimum atomic E-state index is -3.68. The molecule has 0 spiro atoms. The van der Waals surface area contributed by atoms with Crippen LogP contribution in [0.1, 0.15) is 18.9 Å².